The van der Waals surface area contributed by atoms with E-state index in [4.69, 9.17) is 11.6 Å². The van der Waals surface area contributed by atoms with Crippen LogP contribution in [0.1, 0.15) is 11.1 Å². The fourth-order valence-electron chi connectivity index (χ4n) is 3.09. The molecule has 144 valence electrons. The third-order valence-electron chi connectivity index (χ3n) is 4.74. The molecule has 0 atom stereocenters. The number of piperazine rings is 1. The molecule has 1 fully saturated rings. The molecule has 1 aromatic heterocycles. The molecule has 6 nitrogen and oxygen atoms in total. The zero-order valence-corrected chi connectivity index (χ0v) is 16.7. The molecular weight excluding hydrogens is 360 g/mol. The van der Waals surface area contributed by atoms with Crippen molar-refractivity contribution in [3.05, 3.63) is 58.7 Å². The van der Waals surface area contributed by atoms with Gasteiger partial charge in [-0.15, -0.1) is 0 Å². The second-order valence-corrected chi connectivity index (χ2v) is 7.05. The van der Waals surface area contributed by atoms with Crippen LogP contribution in [-0.4, -0.2) is 56.1 Å². The minimum atomic E-state index is 0.623. The van der Waals surface area contributed by atoms with Gasteiger partial charge < -0.3 is 20.4 Å². The topological polar surface area (TPSA) is 55.8 Å². The summed E-state index contributed by atoms with van der Waals surface area (Å²) in [7, 11) is 3.93. The summed E-state index contributed by atoms with van der Waals surface area (Å²) in [5.41, 5.74) is 2.21. The standard InChI is InChI=1S/C20H27ClN6/c1-22-20(24-14-16-6-3-4-8-18(16)21)25-15-17-7-5-9-23-19(17)27-12-10-26(2)11-13-27/h3-9H,10-15H2,1-2H3,(H2,22,24,25). The number of benzene rings is 1. The minimum absolute atomic E-state index is 0.623. The lowest BCUT2D eigenvalue weighted by Gasteiger charge is -2.34. The largest absolute Gasteiger partial charge is 0.354 e. The van der Waals surface area contributed by atoms with Gasteiger partial charge in [-0.2, -0.15) is 0 Å². The molecule has 1 aromatic carbocycles. The van der Waals surface area contributed by atoms with E-state index in [0.717, 1.165) is 48.5 Å². The number of guanidine groups is 1. The van der Waals surface area contributed by atoms with Gasteiger partial charge in [0.25, 0.3) is 0 Å². The Morgan fingerprint density at radius 2 is 1.70 bits per heavy atom. The predicted octanol–water partition coefficient (Wildman–Crippen LogP) is 2.35. The van der Waals surface area contributed by atoms with Gasteiger partial charge in [-0.25, -0.2) is 4.98 Å². The van der Waals surface area contributed by atoms with Crippen LogP contribution in [0.4, 0.5) is 5.82 Å². The summed E-state index contributed by atoms with van der Waals surface area (Å²) < 4.78 is 0. The van der Waals surface area contributed by atoms with Gasteiger partial charge in [0.1, 0.15) is 5.82 Å². The number of rotatable bonds is 5. The number of anilines is 1. The van der Waals surface area contributed by atoms with Crippen LogP contribution in [0.15, 0.2) is 47.6 Å². The van der Waals surface area contributed by atoms with Crippen molar-refractivity contribution in [2.75, 3.05) is 45.2 Å². The van der Waals surface area contributed by atoms with E-state index in [0.29, 0.717) is 13.1 Å². The van der Waals surface area contributed by atoms with Gasteiger partial charge in [0.05, 0.1) is 0 Å². The molecular formula is C20H27ClN6. The van der Waals surface area contributed by atoms with E-state index in [1.807, 2.05) is 36.5 Å². The van der Waals surface area contributed by atoms with Crippen LogP contribution < -0.4 is 15.5 Å². The fraction of sp³-hybridized carbons (Fsp3) is 0.400. The van der Waals surface area contributed by atoms with Gasteiger partial charge in [0.2, 0.25) is 0 Å². The summed E-state index contributed by atoms with van der Waals surface area (Å²) in [4.78, 5) is 13.6. The zero-order chi connectivity index (χ0) is 19.1. The second kappa shape index (κ2) is 9.58. The molecule has 3 rings (SSSR count). The van der Waals surface area contributed by atoms with Gasteiger partial charge >= 0.3 is 0 Å². The van der Waals surface area contributed by atoms with Crippen LogP contribution in [-0.2, 0) is 13.1 Å². The monoisotopic (exact) mass is 386 g/mol. The van der Waals surface area contributed by atoms with Crippen LogP contribution in [0.5, 0.6) is 0 Å². The van der Waals surface area contributed by atoms with E-state index in [-0.39, 0.29) is 0 Å². The lowest BCUT2D eigenvalue weighted by molar-refractivity contribution is 0.312. The smallest absolute Gasteiger partial charge is 0.191 e. The van der Waals surface area contributed by atoms with Crippen molar-refractivity contribution in [2.24, 2.45) is 4.99 Å². The van der Waals surface area contributed by atoms with Crippen molar-refractivity contribution < 1.29 is 0 Å². The Hall–Kier alpha value is -2.31. The normalized spacial score (nSPS) is 15.7. The number of nitrogens with zero attached hydrogens (tertiary/aromatic N) is 4. The van der Waals surface area contributed by atoms with Gasteiger partial charge in [-0.05, 0) is 24.7 Å². The van der Waals surface area contributed by atoms with E-state index >= 15 is 0 Å². The highest BCUT2D eigenvalue weighted by Gasteiger charge is 2.18. The molecule has 0 bridgehead atoms. The Bertz CT molecular complexity index is 771. The molecule has 0 radical (unpaired) electrons. The van der Waals surface area contributed by atoms with E-state index in [2.05, 4.69) is 43.5 Å². The average Bonchev–Trinajstić information content (AvgIpc) is 2.70. The Kier molecular flexibility index (Phi) is 6.90. The van der Waals surface area contributed by atoms with Crippen LogP contribution in [0.3, 0.4) is 0 Å². The highest BCUT2D eigenvalue weighted by Crippen LogP contribution is 2.18. The van der Waals surface area contributed by atoms with Gasteiger partial charge in [0.15, 0.2) is 5.96 Å². The first-order chi connectivity index (χ1) is 13.2. The number of likely N-dealkylation sites (N-methyl/N-ethyl adjacent to an activating group) is 1. The van der Waals surface area contributed by atoms with Gasteiger partial charge in [-0.3, -0.25) is 4.99 Å². The van der Waals surface area contributed by atoms with Crippen LogP contribution in [0.2, 0.25) is 5.02 Å². The van der Waals surface area contributed by atoms with Crippen molar-refractivity contribution in [2.45, 2.75) is 13.1 Å². The third-order valence-corrected chi connectivity index (χ3v) is 5.11. The average molecular weight is 387 g/mol. The number of pyridine rings is 1. The second-order valence-electron chi connectivity index (χ2n) is 6.65. The molecule has 0 saturated carbocycles. The van der Waals surface area contributed by atoms with Crippen molar-refractivity contribution in [3.8, 4) is 0 Å². The maximum atomic E-state index is 6.22. The van der Waals surface area contributed by atoms with Crippen LogP contribution in [0.25, 0.3) is 0 Å². The Balaban J connectivity index is 1.59. The lowest BCUT2D eigenvalue weighted by atomic mass is 10.2. The van der Waals surface area contributed by atoms with Crippen molar-refractivity contribution in [3.63, 3.8) is 0 Å². The molecule has 1 aliphatic rings. The van der Waals surface area contributed by atoms with Gasteiger partial charge in [0, 0.05) is 63.1 Å². The number of hydrogen-bond donors (Lipinski definition) is 2. The van der Waals surface area contributed by atoms with E-state index in [9.17, 15) is 0 Å². The Morgan fingerprint density at radius 1 is 1.04 bits per heavy atom. The van der Waals surface area contributed by atoms with E-state index in [1.165, 1.54) is 5.56 Å². The number of nitrogens with one attached hydrogen (secondary N) is 2. The van der Waals surface area contributed by atoms with Crippen LogP contribution in [0, 0.1) is 0 Å². The molecule has 0 amide bonds. The molecule has 2 heterocycles. The first kappa shape index (κ1) is 19.5. The first-order valence-electron chi connectivity index (χ1n) is 9.22. The highest BCUT2D eigenvalue weighted by atomic mass is 35.5. The summed E-state index contributed by atoms with van der Waals surface area (Å²) in [5.74, 6) is 1.79. The SMILES string of the molecule is CN=C(NCc1ccccc1Cl)NCc1cccnc1N1CCN(C)CC1. The van der Waals surface area contributed by atoms with Crippen LogP contribution >= 0.6 is 11.6 Å². The number of aromatic nitrogens is 1. The molecule has 0 aliphatic carbocycles. The summed E-state index contributed by atoms with van der Waals surface area (Å²) in [5, 5.41) is 7.45. The van der Waals surface area contributed by atoms with Crippen molar-refractivity contribution >= 4 is 23.4 Å². The molecule has 2 N–H and O–H groups in total. The van der Waals surface area contributed by atoms with Crippen molar-refractivity contribution in [1.29, 1.82) is 0 Å². The molecule has 1 aliphatic heterocycles. The van der Waals surface area contributed by atoms with Gasteiger partial charge in [-0.1, -0.05) is 35.9 Å². The maximum absolute atomic E-state index is 6.22. The number of hydrogen-bond acceptors (Lipinski definition) is 4. The van der Waals surface area contributed by atoms with E-state index < -0.39 is 0 Å². The maximum Gasteiger partial charge on any atom is 0.191 e. The molecule has 1 saturated heterocycles. The summed E-state index contributed by atoms with van der Waals surface area (Å²) in [6.07, 6.45) is 1.86. The summed E-state index contributed by atoms with van der Waals surface area (Å²) in [6.45, 7) is 5.41. The van der Waals surface area contributed by atoms with E-state index in [1.54, 1.807) is 7.05 Å². The lowest BCUT2D eigenvalue weighted by Crippen LogP contribution is -2.45. The molecule has 0 unspecified atom stereocenters. The summed E-state index contributed by atoms with van der Waals surface area (Å²) in [6, 6.07) is 11.9. The minimum Gasteiger partial charge on any atom is -0.354 e. The Labute approximate surface area is 166 Å². The quantitative estimate of drug-likeness (QED) is 0.610. The molecule has 0 spiro atoms. The highest BCUT2D eigenvalue weighted by molar-refractivity contribution is 6.31. The number of halogens is 1. The zero-order valence-electron chi connectivity index (χ0n) is 16.0. The number of aliphatic imine (C=N–C) groups is 1. The first-order valence-corrected chi connectivity index (χ1v) is 9.60. The summed E-state index contributed by atoms with van der Waals surface area (Å²) >= 11 is 6.22. The third kappa shape index (κ3) is 5.34. The predicted molar refractivity (Wildman–Crippen MR) is 112 cm³/mol. The molecule has 7 heteroatoms. The van der Waals surface area contributed by atoms with Crippen molar-refractivity contribution in [1.82, 2.24) is 20.5 Å². The molecule has 2 aromatic rings. The fourth-order valence-corrected chi connectivity index (χ4v) is 3.29. The Morgan fingerprint density at radius 3 is 2.41 bits per heavy atom. The molecule has 27 heavy (non-hydrogen) atoms.